The number of ether oxygens (including phenoxy) is 1. The molecule has 0 radical (unpaired) electrons. The molecular formula is C24H29ClN4O2S. The molecule has 0 spiro atoms. The number of anilines is 1. The standard InChI is InChI=1S/C24H29ClN4O2S/c1-5-29-22(7-6-12-31-21-11-9-19(25)13-18(21)4)27-28-24(29)32-15-23(30)26-20-10-8-16(2)17(3)14-20/h8-11,13-14H,5-7,12,15H2,1-4H3,(H,26,30). The second-order valence-electron chi connectivity index (χ2n) is 7.64. The zero-order valence-corrected chi connectivity index (χ0v) is 20.5. The van der Waals surface area contributed by atoms with Crippen molar-refractivity contribution in [3.05, 3.63) is 63.9 Å². The molecule has 3 aromatic rings. The summed E-state index contributed by atoms with van der Waals surface area (Å²) in [6.45, 7) is 9.46. The van der Waals surface area contributed by atoms with Crippen LogP contribution in [0.15, 0.2) is 41.6 Å². The lowest BCUT2D eigenvalue weighted by Gasteiger charge is -2.10. The van der Waals surface area contributed by atoms with Crippen LogP contribution in [0.4, 0.5) is 5.69 Å². The van der Waals surface area contributed by atoms with Crippen molar-refractivity contribution in [1.29, 1.82) is 0 Å². The highest BCUT2D eigenvalue weighted by molar-refractivity contribution is 7.99. The first-order valence-corrected chi connectivity index (χ1v) is 12.0. The molecule has 1 amide bonds. The fourth-order valence-electron chi connectivity index (χ4n) is 3.26. The average molecular weight is 473 g/mol. The van der Waals surface area contributed by atoms with Crippen LogP contribution in [-0.4, -0.2) is 33.0 Å². The number of carbonyl (C=O) groups excluding carboxylic acids is 1. The summed E-state index contributed by atoms with van der Waals surface area (Å²) in [4.78, 5) is 12.4. The summed E-state index contributed by atoms with van der Waals surface area (Å²) in [6, 6.07) is 11.5. The van der Waals surface area contributed by atoms with Crippen molar-refractivity contribution in [2.24, 2.45) is 0 Å². The first kappa shape index (κ1) is 24.1. The van der Waals surface area contributed by atoms with Crippen molar-refractivity contribution < 1.29 is 9.53 Å². The van der Waals surface area contributed by atoms with Gasteiger partial charge in [0.1, 0.15) is 11.6 Å². The third kappa shape index (κ3) is 6.50. The monoisotopic (exact) mass is 472 g/mol. The van der Waals surface area contributed by atoms with Gasteiger partial charge in [-0.25, -0.2) is 0 Å². The minimum Gasteiger partial charge on any atom is -0.493 e. The fourth-order valence-corrected chi connectivity index (χ4v) is 4.31. The molecule has 2 aromatic carbocycles. The van der Waals surface area contributed by atoms with Gasteiger partial charge < -0.3 is 14.6 Å². The lowest BCUT2D eigenvalue weighted by atomic mass is 10.1. The van der Waals surface area contributed by atoms with E-state index in [0.717, 1.165) is 52.9 Å². The van der Waals surface area contributed by atoms with Gasteiger partial charge in [0.25, 0.3) is 0 Å². The maximum Gasteiger partial charge on any atom is 0.234 e. The molecular weight excluding hydrogens is 444 g/mol. The zero-order valence-electron chi connectivity index (χ0n) is 18.9. The molecule has 3 rings (SSSR count). The molecule has 0 aliphatic carbocycles. The Labute approximate surface area is 198 Å². The topological polar surface area (TPSA) is 69.0 Å². The van der Waals surface area contributed by atoms with Gasteiger partial charge in [0.15, 0.2) is 5.16 Å². The average Bonchev–Trinajstić information content (AvgIpc) is 3.15. The van der Waals surface area contributed by atoms with Crippen molar-refractivity contribution in [3.8, 4) is 5.75 Å². The normalized spacial score (nSPS) is 10.9. The van der Waals surface area contributed by atoms with E-state index in [1.165, 1.54) is 17.3 Å². The predicted molar refractivity (Wildman–Crippen MR) is 131 cm³/mol. The highest BCUT2D eigenvalue weighted by Gasteiger charge is 2.13. The molecule has 0 unspecified atom stereocenters. The van der Waals surface area contributed by atoms with E-state index in [-0.39, 0.29) is 11.7 Å². The lowest BCUT2D eigenvalue weighted by molar-refractivity contribution is -0.113. The van der Waals surface area contributed by atoms with Gasteiger partial charge in [0, 0.05) is 23.7 Å². The maximum atomic E-state index is 12.4. The van der Waals surface area contributed by atoms with Gasteiger partial charge in [-0.2, -0.15) is 0 Å². The molecule has 6 nitrogen and oxygen atoms in total. The Balaban J connectivity index is 1.49. The first-order valence-electron chi connectivity index (χ1n) is 10.7. The Hall–Kier alpha value is -2.51. The van der Waals surface area contributed by atoms with Crippen LogP contribution in [0, 0.1) is 20.8 Å². The number of hydrogen-bond acceptors (Lipinski definition) is 5. The van der Waals surface area contributed by atoms with Gasteiger partial charge in [0.05, 0.1) is 12.4 Å². The number of nitrogens with zero attached hydrogens (tertiary/aromatic N) is 3. The van der Waals surface area contributed by atoms with Crippen LogP contribution in [0.5, 0.6) is 5.75 Å². The molecule has 170 valence electrons. The van der Waals surface area contributed by atoms with E-state index in [1.807, 2.05) is 50.2 Å². The van der Waals surface area contributed by atoms with E-state index in [4.69, 9.17) is 16.3 Å². The first-order chi connectivity index (χ1) is 15.4. The number of carbonyl (C=O) groups is 1. The second kappa shape index (κ2) is 11.4. The number of rotatable bonds is 10. The Morgan fingerprint density at radius 2 is 1.91 bits per heavy atom. The number of nitrogens with one attached hydrogen (secondary N) is 1. The molecule has 0 saturated heterocycles. The smallest absolute Gasteiger partial charge is 0.234 e. The van der Waals surface area contributed by atoms with E-state index in [1.54, 1.807) is 0 Å². The molecule has 32 heavy (non-hydrogen) atoms. The largest absolute Gasteiger partial charge is 0.493 e. The summed E-state index contributed by atoms with van der Waals surface area (Å²) in [5, 5.41) is 13.0. The minimum absolute atomic E-state index is 0.0582. The molecule has 0 saturated carbocycles. The van der Waals surface area contributed by atoms with Crippen molar-refractivity contribution in [3.63, 3.8) is 0 Å². The quantitative estimate of drug-likeness (QED) is 0.306. The summed E-state index contributed by atoms with van der Waals surface area (Å²) in [6.07, 6.45) is 1.57. The van der Waals surface area contributed by atoms with Gasteiger partial charge in [-0.3, -0.25) is 4.79 Å². The molecule has 0 aliphatic heterocycles. The van der Waals surface area contributed by atoms with Crippen molar-refractivity contribution >= 4 is 35.0 Å². The van der Waals surface area contributed by atoms with Crippen molar-refractivity contribution in [2.45, 2.75) is 52.2 Å². The number of halogens is 1. The van der Waals surface area contributed by atoms with Crippen LogP contribution >= 0.6 is 23.4 Å². The van der Waals surface area contributed by atoms with E-state index >= 15 is 0 Å². The summed E-state index contributed by atoms with van der Waals surface area (Å²) in [7, 11) is 0. The number of hydrogen-bond donors (Lipinski definition) is 1. The number of aryl methyl sites for hydroxylation is 4. The van der Waals surface area contributed by atoms with Crippen molar-refractivity contribution in [2.75, 3.05) is 17.7 Å². The summed E-state index contributed by atoms with van der Waals surface area (Å²) >= 11 is 7.39. The van der Waals surface area contributed by atoms with Gasteiger partial charge in [-0.05, 0) is 81.1 Å². The summed E-state index contributed by atoms with van der Waals surface area (Å²) in [5.74, 6) is 1.97. The molecule has 8 heteroatoms. The van der Waals surface area contributed by atoms with Crippen LogP contribution in [-0.2, 0) is 17.8 Å². The van der Waals surface area contributed by atoms with Gasteiger partial charge in [-0.1, -0.05) is 29.4 Å². The van der Waals surface area contributed by atoms with E-state index in [2.05, 4.69) is 33.9 Å². The zero-order chi connectivity index (χ0) is 23.1. The fraction of sp³-hybridized carbons (Fsp3) is 0.375. The summed E-state index contributed by atoms with van der Waals surface area (Å²) < 4.78 is 7.93. The molecule has 1 N–H and O–H groups in total. The van der Waals surface area contributed by atoms with Gasteiger partial charge in [0.2, 0.25) is 5.91 Å². The van der Waals surface area contributed by atoms with Gasteiger partial charge in [-0.15, -0.1) is 10.2 Å². The second-order valence-corrected chi connectivity index (χ2v) is 9.02. The van der Waals surface area contributed by atoms with Crippen LogP contribution < -0.4 is 10.1 Å². The molecule has 1 aromatic heterocycles. The Morgan fingerprint density at radius 1 is 1.09 bits per heavy atom. The van der Waals surface area contributed by atoms with Crippen LogP contribution in [0.3, 0.4) is 0 Å². The van der Waals surface area contributed by atoms with E-state index in [0.29, 0.717) is 11.6 Å². The van der Waals surface area contributed by atoms with Crippen LogP contribution in [0.1, 0.15) is 35.9 Å². The Kier molecular flexibility index (Phi) is 8.59. The predicted octanol–water partition coefficient (Wildman–Crippen LogP) is 5.62. The lowest BCUT2D eigenvalue weighted by Crippen LogP contribution is -2.15. The molecule has 0 bridgehead atoms. The highest BCUT2D eigenvalue weighted by atomic mass is 35.5. The minimum atomic E-state index is -0.0582. The van der Waals surface area contributed by atoms with Crippen molar-refractivity contribution in [1.82, 2.24) is 14.8 Å². The maximum absolute atomic E-state index is 12.4. The number of aromatic nitrogens is 3. The van der Waals surface area contributed by atoms with Crippen LogP contribution in [0.25, 0.3) is 0 Å². The number of amides is 1. The molecule has 0 atom stereocenters. The van der Waals surface area contributed by atoms with Crippen LogP contribution in [0.2, 0.25) is 5.02 Å². The van der Waals surface area contributed by atoms with E-state index in [9.17, 15) is 4.79 Å². The molecule has 0 fully saturated rings. The SMILES string of the molecule is CCn1c(CCCOc2ccc(Cl)cc2C)nnc1SCC(=O)Nc1ccc(C)c(C)c1. The summed E-state index contributed by atoms with van der Waals surface area (Å²) in [5.41, 5.74) is 4.19. The van der Waals surface area contributed by atoms with Gasteiger partial charge >= 0.3 is 0 Å². The number of benzene rings is 2. The Morgan fingerprint density at radius 3 is 2.62 bits per heavy atom. The molecule has 1 heterocycles. The molecule has 0 aliphatic rings. The Bertz CT molecular complexity index is 1080. The third-order valence-electron chi connectivity index (χ3n) is 5.17. The highest BCUT2D eigenvalue weighted by Crippen LogP contribution is 2.23. The van der Waals surface area contributed by atoms with E-state index < -0.39 is 0 Å². The third-order valence-corrected chi connectivity index (χ3v) is 6.37. The number of thioether (sulfide) groups is 1.